The van der Waals surface area contributed by atoms with Gasteiger partial charge in [0, 0.05) is 6.07 Å². The zero-order chi connectivity index (χ0) is 9.84. The number of nitro benzene ring substituents is 1. The van der Waals surface area contributed by atoms with Gasteiger partial charge in [-0.3, -0.25) is 10.1 Å². The zero-order valence-corrected chi connectivity index (χ0v) is 6.89. The first-order chi connectivity index (χ1) is 6.16. The number of hydrogen-bond acceptors (Lipinski definition) is 4. The molecule has 0 aromatic heterocycles. The van der Waals surface area contributed by atoms with Crippen LogP contribution in [0.25, 0.3) is 0 Å². The van der Waals surface area contributed by atoms with Crippen molar-refractivity contribution >= 4 is 11.9 Å². The largest absolute Gasteiger partial charge is 0.410 e. The van der Waals surface area contributed by atoms with Gasteiger partial charge in [0.25, 0.3) is 5.69 Å². The lowest BCUT2D eigenvalue weighted by Gasteiger charge is -1.98. The van der Waals surface area contributed by atoms with E-state index in [1.165, 1.54) is 6.07 Å². The van der Waals surface area contributed by atoms with Crippen LogP contribution in [0.4, 0.5) is 5.69 Å². The van der Waals surface area contributed by atoms with E-state index in [1.807, 2.05) is 0 Å². The lowest BCUT2D eigenvalue weighted by molar-refractivity contribution is -0.385. The third kappa shape index (κ3) is 1.81. The first-order valence-electron chi connectivity index (χ1n) is 3.51. The SMILES string of the molecule is Cc1cccc([N+](=O)[O-])c1[C]=NO. The summed E-state index contributed by atoms with van der Waals surface area (Å²) >= 11 is 0. The van der Waals surface area contributed by atoms with E-state index in [2.05, 4.69) is 11.4 Å². The fourth-order valence-corrected chi connectivity index (χ4v) is 1.000. The molecule has 0 unspecified atom stereocenters. The number of benzene rings is 1. The second kappa shape index (κ2) is 3.66. The quantitative estimate of drug-likeness (QED) is 0.324. The zero-order valence-electron chi connectivity index (χ0n) is 6.89. The normalized spacial score (nSPS) is 10.5. The summed E-state index contributed by atoms with van der Waals surface area (Å²) in [6.45, 7) is 1.68. The number of aryl methyl sites for hydroxylation is 1. The van der Waals surface area contributed by atoms with Crippen LogP contribution in [-0.4, -0.2) is 16.3 Å². The molecule has 1 aromatic rings. The summed E-state index contributed by atoms with van der Waals surface area (Å²) in [6.07, 6.45) is 2.16. The summed E-state index contributed by atoms with van der Waals surface area (Å²) in [5.41, 5.74) is 0.736. The maximum absolute atomic E-state index is 10.5. The molecule has 1 aromatic carbocycles. The van der Waals surface area contributed by atoms with Crippen molar-refractivity contribution in [2.24, 2.45) is 5.16 Å². The van der Waals surface area contributed by atoms with Crippen LogP contribution in [0.5, 0.6) is 0 Å². The van der Waals surface area contributed by atoms with Crippen LogP contribution in [0.2, 0.25) is 0 Å². The molecule has 0 saturated carbocycles. The van der Waals surface area contributed by atoms with Gasteiger partial charge in [-0.2, -0.15) is 0 Å². The van der Waals surface area contributed by atoms with E-state index < -0.39 is 4.92 Å². The van der Waals surface area contributed by atoms with E-state index in [0.717, 1.165) is 0 Å². The van der Waals surface area contributed by atoms with Gasteiger partial charge in [0.15, 0.2) is 0 Å². The first kappa shape index (κ1) is 9.18. The molecule has 0 heterocycles. The number of nitrogens with zero attached hydrogens (tertiary/aromatic N) is 2. The Bertz CT molecular complexity index is 360. The highest BCUT2D eigenvalue weighted by Crippen LogP contribution is 2.19. The lowest BCUT2D eigenvalue weighted by atomic mass is 10.1. The number of nitro groups is 1. The Hall–Kier alpha value is -1.91. The Labute approximate surface area is 74.5 Å². The lowest BCUT2D eigenvalue weighted by Crippen LogP contribution is -1.96. The van der Waals surface area contributed by atoms with Crippen LogP contribution in [0.3, 0.4) is 0 Å². The van der Waals surface area contributed by atoms with Crippen molar-refractivity contribution in [2.45, 2.75) is 6.92 Å². The van der Waals surface area contributed by atoms with E-state index in [1.54, 1.807) is 19.1 Å². The van der Waals surface area contributed by atoms with Crippen molar-refractivity contribution in [1.29, 1.82) is 0 Å². The van der Waals surface area contributed by atoms with Crippen molar-refractivity contribution in [3.05, 3.63) is 39.4 Å². The molecule has 0 atom stereocenters. The smallest absolute Gasteiger partial charge is 0.279 e. The average molecular weight is 179 g/mol. The minimum atomic E-state index is -0.541. The third-order valence-corrected chi connectivity index (χ3v) is 1.61. The molecule has 0 aliphatic heterocycles. The summed E-state index contributed by atoms with van der Waals surface area (Å²) < 4.78 is 0. The molecule has 0 saturated heterocycles. The number of rotatable bonds is 2. The molecule has 13 heavy (non-hydrogen) atoms. The maximum atomic E-state index is 10.5. The molecule has 0 fully saturated rings. The molecule has 0 bridgehead atoms. The molecular formula is C8H7N2O3. The van der Waals surface area contributed by atoms with Gasteiger partial charge in [-0.1, -0.05) is 17.3 Å². The molecule has 1 rings (SSSR count). The van der Waals surface area contributed by atoms with E-state index in [9.17, 15) is 10.1 Å². The van der Waals surface area contributed by atoms with Crippen molar-refractivity contribution in [1.82, 2.24) is 0 Å². The highest BCUT2D eigenvalue weighted by atomic mass is 16.6. The van der Waals surface area contributed by atoms with Gasteiger partial charge in [0.1, 0.15) is 6.21 Å². The Morgan fingerprint density at radius 2 is 2.31 bits per heavy atom. The van der Waals surface area contributed by atoms with E-state index in [4.69, 9.17) is 5.21 Å². The molecule has 0 aliphatic rings. The van der Waals surface area contributed by atoms with Gasteiger partial charge in [-0.15, -0.1) is 0 Å². The second-order valence-corrected chi connectivity index (χ2v) is 2.44. The fraction of sp³-hybridized carbons (Fsp3) is 0.125. The van der Waals surface area contributed by atoms with Crippen molar-refractivity contribution in [3.8, 4) is 0 Å². The van der Waals surface area contributed by atoms with Gasteiger partial charge in [0.05, 0.1) is 10.5 Å². The molecular weight excluding hydrogens is 172 g/mol. The molecule has 0 spiro atoms. The molecule has 1 radical (unpaired) electrons. The topological polar surface area (TPSA) is 75.7 Å². The van der Waals surface area contributed by atoms with E-state index >= 15 is 0 Å². The minimum Gasteiger partial charge on any atom is -0.410 e. The number of hydrogen-bond donors (Lipinski definition) is 1. The Morgan fingerprint density at radius 1 is 1.62 bits per heavy atom. The van der Waals surface area contributed by atoms with Crippen molar-refractivity contribution < 1.29 is 10.1 Å². The maximum Gasteiger partial charge on any atom is 0.279 e. The highest BCUT2D eigenvalue weighted by Gasteiger charge is 2.13. The molecule has 5 nitrogen and oxygen atoms in total. The van der Waals surface area contributed by atoms with Crippen LogP contribution in [0, 0.1) is 17.0 Å². The van der Waals surface area contributed by atoms with Crippen LogP contribution in [-0.2, 0) is 0 Å². The van der Waals surface area contributed by atoms with Gasteiger partial charge < -0.3 is 5.21 Å². The van der Waals surface area contributed by atoms with E-state index in [0.29, 0.717) is 5.56 Å². The minimum absolute atomic E-state index is 0.113. The highest BCUT2D eigenvalue weighted by molar-refractivity contribution is 5.86. The monoisotopic (exact) mass is 179 g/mol. The van der Waals surface area contributed by atoms with Crippen molar-refractivity contribution in [2.75, 3.05) is 0 Å². The Balaban J connectivity index is 3.33. The van der Waals surface area contributed by atoms with Gasteiger partial charge in [0.2, 0.25) is 0 Å². The first-order valence-corrected chi connectivity index (χ1v) is 3.51. The van der Waals surface area contributed by atoms with Gasteiger partial charge in [-0.25, -0.2) is 0 Å². The molecule has 5 heteroatoms. The van der Waals surface area contributed by atoms with Crippen LogP contribution >= 0.6 is 0 Å². The standard InChI is InChI=1S/C8H7N2O3/c1-6-3-2-4-8(10(12)13)7(6)5-9-11/h2-4,11H,1H3. The summed E-state index contributed by atoms with van der Waals surface area (Å²) in [5.74, 6) is 0. The summed E-state index contributed by atoms with van der Waals surface area (Å²) in [6, 6.07) is 4.58. The van der Waals surface area contributed by atoms with Gasteiger partial charge in [-0.05, 0) is 12.5 Å². The molecule has 1 N–H and O–H groups in total. The average Bonchev–Trinajstić information content (AvgIpc) is 2.08. The van der Waals surface area contributed by atoms with Crippen LogP contribution in [0.15, 0.2) is 23.4 Å². The summed E-state index contributed by atoms with van der Waals surface area (Å²) in [7, 11) is 0. The predicted molar refractivity (Wildman–Crippen MR) is 46.2 cm³/mol. The second-order valence-electron chi connectivity index (χ2n) is 2.44. The third-order valence-electron chi connectivity index (χ3n) is 1.61. The van der Waals surface area contributed by atoms with Crippen LogP contribution < -0.4 is 0 Å². The van der Waals surface area contributed by atoms with Crippen LogP contribution in [0.1, 0.15) is 11.1 Å². The van der Waals surface area contributed by atoms with Crippen molar-refractivity contribution in [3.63, 3.8) is 0 Å². The Kier molecular flexibility index (Phi) is 2.59. The molecule has 67 valence electrons. The van der Waals surface area contributed by atoms with E-state index in [-0.39, 0.29) is 11.3 Å². The summed E-state index contributed by atoms with van der Waals surface area (Å²) in [5, 5.41) is 21.4. The summed E-state index contributed by atoms with van der Waals surface area (Å²) in [4.78, 5) is 9.95. The molecule has 0 amide bonds. The predicted octanol–water partition coefficient (Wildman–Crippen LogP) is 1.59. The Morgan fingerprint density at radius 3 is 2.85 bits per heavy atom. The molecule has 0 aliphatic carbocycles. The fourth-order valence-electron chi connectivity index (χ4n) is 1.000. The van der Waals surface area contributed by atoms with Gasteiger partial charge >= 0.3 is 0 Å².